The van der Waals surface area contributed by atoms with Gasteiger partial charge < -0.3 is 19.5 Å². The summed E-state index contributed by atoms with van der Waals surface area (Å²) in [4.78, 5) is 11.4. The van der Waals surface area contributed by atoms with Gasteiger partial charge in [-0.05, 0) is 51.7 Å². The molecule has 1 unspecified atom stereocenters. The van der Waals surface area contributed by atoms with Gasteiger partial charge in [-0.15, -0.1) is 0 Å². The molecule has 0 aromatic carbocycles. The molecule has 8 nitrogen and oxygen atoms in total. The minimum absolute atomic E-state index is 0.0850. The maximum Gasteiger partial charge on any atom is 0.238 e. The van der Waals surface area contributed by atoms with Crippen molar-refractivity contribution in [2.45, 2.75) is 51.6 Å². The standard InChI is InChI=1S/C23H29N7OS/c1-5-30-22(16-8-6-7-9-17(16)27-30)28(3)23-26-19(13-32-23)18-10-11-20(21(25-18)31-4)29-12-15(2)24-14-29/h10-14,23,26H,5-9H2,1-4H3. The number of nitrogens with one attached hydrogen (secondary N) is 1. The molecular weight excluding hydrogens is 422 g/mol. The van der Waals surface area contributed by atoms with E-state index in [0.29, 0.717) is 5.88 Å². The SMILES string of the molecule is CCn1nc2c(c1N(C)C1NC(c3ccc(-n4cnc(C)c4)c(OC)n3)=CS1)CCCC2. The average Bonchev–Trinajstić information content (AvgIpc) is 3.56. The molecule has 9 heteroatoms. The van der Waals surface area contributed by atoms with Crippen LogP contribution >= 0.6 is 11.8 Å². The summed E-state index contributed by atoms with van der Waals surface area (Å²) < 4.78 is 9.68. The van der Waals surface area contributed by atoms with E-state index in [-0.39, 0.29) is 5.50 Å². The topological polar surface area (TPSA) is 73.0 Å². The molecule has 1 N–H and O–H groups in total. The number of imidazole rings is 1. The van der Waals surface area contributed by atoms with Crippen molar-refractivity contribution in [3.8, 4) is 11.6 Å². The first-order chi connectivity index (χ1) is 15.6. The summed E-state index contributed by atoms with van der Waals surface area (Å²) in [5, 5.41) is 10.7. The number of fused-ring (bicyclic) bond motifs is 1. The summed E-state index contributed by atoms with van der Waals surface area (Å²) in [6, 6.07) is 4.04. The first-order valence-corrected chi connectivity index (χ1v) is 12.0. The van der Waals surface area contributed by atoms with E-state index in [9.17, 15) is 0 Å². The number of hydrogen-bond acceptors (Lipinski definition) is 7. The maximum atomic E-state index is 5.59. The van der Waals surface area contributed by atoms with E-state index >= 15 is 0 Å². The monoisotopic (exact) mass is 451 g/mol. The Morgan fingerprint density at radius 1 is 1.28 bits per heavy atom. The molecule has 1 aliphatic heterocycles. The quantitative estimate of drug-likeness (QED) is 0.612. The molecule has 32 heavy (non-hydrogen) atoms. The molecule has 0 fully saturated rings. The van der Waals surface area contributed by atoms with Crippen LogP contribution in [-0.2, 0) is 19.4 Å². The number of nitrogens with zero attached hydrogens (tertiary/aromatic N) is 6. The summed E-state index contributed by atoms with van der Waals surface area (Å²) in [5.74, 6) is 1.81. The lowest BCUT2D eigenvalue weighted by molar-refractivity contribution is 0.395. The molecular formula is C23H29N7OS. The molecule has 5 rings (SSSR count). The second kappa shape index (κ2) is 8.54. The lowest BCUT2D eigenvalue weighted by Gasteiger charge is -2.29. The maximum absolute atomic E-state index is 5.59. The second-order valence-corrected chi connectivity index (χ2v) is 9.15. The van der Waals surface area contributed by atoms with Crippen LogP contribution in [-0.4, -0.2) is 44.0 Å². The van der Waals surface area contributed by atoms with Crippen LogP contribution in [0.2, 0.25) is 0 Å². The summed E-state index contributed by atoms with van der Waals surface area (Å²) >= 11 is 1.75. The fourth-order valence-electron chi connectivity index (χ4n) is 4.45. The van der Waals surface area contributed by atoms with Crippen molar-refractivity contribution in [1.29, 1.82) is 0 Å². The minimum Gasteiger partial charge on any atom is -0.479 e. The third kappa shape index (κ3) is 3.64. The van der Waals surface area contributed by atoms with Crippen LogP contribution in [0.1, 0.15) is 42.4 Å². The Balaban J connectivity index is 1.37. The zero-order valence-electron chi connectivity index (χ0n) is 19.0. The van der Waals surface area contributed by atoms with Crippen LogP contribution in [0.25, 0.3) is 11.4 Å². The van der Waals surface area contributed by atoms with Gasteiger partial charge in [-0.25, -0.2) is 14.6 Å². The average molecular weight is 452 g/mol. The van der Waals surface area contributed by atoms with Crippen molar-refractivity contribution in [3.05, 3.63) is 52.7 Å². The minimum atomic E-state index is 0.0850. The predicted molar refractivity (Wildman–Crippen MR) is 128 cm³/mol. The largest absolute Gasteiger partial charge is 0.479 e. The Bertz CT molecular complexity index is 1170. The number of pyridine rings is 1. The van der Waals surface area contributed by atoms with Gasteiger partial charge in [0.25, 0.3) is 0 Å². The Morgan fingerprint density at radius 3 is 2.88 bits per heavy atom. The van der Waals surface area contributed by atoms with Gasteiger partial charge in [0.1, 0.15) is 11.5 Å². The molecule has 1 aliphatic carbocycles. The fourth-order valence-corrected chi connectivity index (χ4v) is 5.39. The van der Waals surface area contributed by atoms with E-state index in [0.717, 1.165) is 42.2 Å². The van der Waals surface area contributed by atoms with E-state index in [1.807, 2.05) is 29.8 Å². The van der Waals surface area contributed by atoms with Gasteiger partial charge in [0.15, 0.2) is 5.50 Å². The summed E-state index contributed by atoms with van der Waals surface area (Å²) in [6.45, 7) is 5.00. The van der Waals surface area contributed by atoms with Crippen LogP contribution in [0.4, 0.5) is 5.82 Å². The smallest absolute Gasteiger partial charge is 0.238 e. The Hall–Kier alpha value is -2.94. The van der Waals surface area contributed by atoms with Crippen molar-refractivity contribution in [3.63, 3.8) is 0 Å². The van der Waals surface area contributed by atoms with E-state index < -0.39 is 0 Å². The molecule has 4 heterocycles. The highest BCUT2D eigenvalue weighted by atomic mass is 32.2. The molecule has 3 aromatic rings. The summed E-state index contributed by atoms with van der Waals surface area (Å²) in [7, 11) is 3.80. The second-order valence-electron chi connectivity index (χ2n) is 8.19. The number of ether oxygens (including phenoxy) is 1. The van der Waals surface area contributed by atoms with Crippen molar-refractivity contribution in [2.24, 2.45) is 0 Å². The highest BCUT2D eigenvalue weighted by Gasteiger charge is 2.29. The lowest BCUT2D eigenvalue weighted by atomic mass is 9.97. The number of methoxy groups -OCH3 is 1. The first-order valence-electron chi connectivity index (χ1n) is 11.1. The van der Waals surface area contributed by atoms with Crippen LogP contribution < -0.4 is 15.0 Å². The van der Waals surface area contributed by atoms with E-state index in [1.54, 1.807) is 25.2 Å². The molecule has 0 spiro atoms. The van der Waals surface area contributed by atoms with Crippen LogP contribution in [0.3, 0.4) is 0 Å². The van der Waals surface area contributed by atoms with Gasteiger partial charge in [0.2, 0.25) is 5.88 Å². The highest BCUT2D eigenvalue weighted by molar-refractivity contribution is 8.03. The number of hydrogen-bond donors (Lipinski definition) is 1. The highest BCUT2D eigenvalue weighted by Crippen LogP contribution is 2.36. The number of aryl methyl sites for hydroxylation is 3. The van der Waals surface area contributed by atoms with Gasteiger partial charge in [-0.3, -0.25) is 0 Å². The molecule has 0 radical (unpaired) electrons. The van der Waals surface area contributed by atoms with Gasteiger partial charge in [-0.1, -0.05) is 11.8 Å². The van der Waals surface area contributed by atoms with Gasteiger partial charge in [0.05, 0.1) is 36.2 Å². The van der Waals surface area contributed by atoms with E-state index in [2.05, 4.69) is 39.3 Å². The first kappa shape index (κ1) is 20.9. The van der Waals surface area contributed by atoms with Crippen LogP contribution in [0.5, 0.6) is 5.88 Å². The third-order valence-electron chi connectivity index (χ3n) is 6.07. The predicted octanol–water partition coefficient (Wildman–Crippen LogP) is 3.73. The molecule has 168 valence electrons. The third-order valence-corrected chi connectivity index (χ3v) is 7.14. The molecule has 2 aliphatic rings. The van der Waals surface area contributed by atoms with Crippen molar-refractivity contribution >= 4 is 23.3 Å². The van der Waals surface area contributed by atoms with E-state index in [1.165, 1.54) is 29.9 Å². The van der Waals surface area contributed by atoms with Crippen molar-refractivity contribution < 1.29 is 4.74 Å². The number of anilines is 1. The normalized spacial score (nSPS) is 17.6. The zero-order chi connectivity index (χ0) is 22.2. The van der Waals surface area contributed by atoms with E-state index in [4.69, 9.17) is 14.8 Å². The van der Waals surface area contributed by atoms with Gasteiger partial charge >= 0.3 is 0 Å². The molecule has 0 saturated heterocycles. The fraction of sp³-hybridized carbons (Fsp3) is 0.435. The Labute approximate surface area is 192 Å². The number of rotatable bonds is 6. The molecule has 0 amide bonds. The van der Waals surface area contributed by atoms with Crippen molar-refractivity contribution in [2.75, 3.05) is 19.1 Å². The summed E-state index contributed by atoms with van der Waals surface area (Å²) in [5.41, 5.74) is 6.44. The lowest BCUT2D eigenvalue weighted by Crippen LogP contribution is -2.39. The van der Waals surface area contributed by atoms with Crippen LogP contribution in [0, 0.1) is 6.92 Å². The number of aromatic nitrogens is 5. The van der Waals surface area contributed by atoms with Gasteiger partial charge in [-0.2, -0.15) is 5.10 Å². The summed E-state index contributed by atoms with van der Waals surface area (Å²) in [6.07, 6.45) is 8.42. The Kier molecular flexibility index (Phi) is 5.58. The van der Waals surface area contributed by atoms with Gasteiger partial charge in [0, 0.05) is 30.8 Å². The number of thioether (sulfide) groups is 1. The van der Waals surface area contributed by atoms with Crippen molar-refractivity contribution in [1.82, 2.24) is 29.6 Å². The van der Waals surface area contributed by atoms with Crippen LogP contribution in [0.15, 0.2) is 30.1 Å². The molecule has 3 aromatic heterocycles. The Morgan fingerprint density at radius 2 is 2.12 bits per heavy atom. The molecule has 0 saturated carbocycles. The molecule has 1 atom stereocenters. The zero-order valence-corrected chi connectivity index (χ0v) is 19.8. The molecule has 0 bridgehead atoms.